The summed E-state index contributed by atoms with van der Waals surface area (Å²) in [6.45, 7) is 0.663. The Morgan fingerprint density at radius 3 is 3.31 bits per heavy atom. The van der Waals surface area contributed by atoms with Gasteiger partial charge in [0.25, 0.3) is 5.71 Å². The summed E-state index contributed by atoms with van der Waals surface area (Å²) < 4.78 is 5.00. The molecule has 2 aromatic heterocycles. The number of ketones is 1. The number of fused-ring (bicyclic) bond motifs is 1. The van der Waals surface area contributed by atoms with Crippen molar-refractivity contribution < 1.29 is 9.32 Å². The van der Waals surface area contributed by atoms with Crippen molar-refractivity contribution in [1.82, 2.24) is 25.7 Å². The van der Waals surface area contributed by atoms with Gasteiger partial charge in [-0.05, 0) is 0 Å². The Balaban J connectivity index is 2.02. The normalized spacial score (nSPS) is 21.5. The molecule has 0 aromatic carbocycles. The lowest BCUT2D eigenvalue weighted by Crippen LogP contribution is -2.32. The average molecular weight is 219 g/mol. The Morgan fingerprint density at radius 1 is 1.50 bits per heavy atom. The maximum absolute atomic E-state index is 11.4. The van der Waals surface area contributed by atoms with Crippen LogP contribution in [0.5, 0.6) is 0 Å². The largest absolute Gasteiger partial charge is 0.332 e. The number of carbonyl (C=O) groups is 1. The lowest BCUT2D eigenvalue weighted by molar-refractivity contribution is -0.120. The quantitative estimate of drug-likeness (QED) is 0.721. The predicted molar refractivity (Wildman–Crippen MR) is 52.4 cm³/mol. The van der Waals surface area contributed by atoms with E-state index < -0.39 is 0 Å². The molecule has 0 saturated carbocycles. The molecule has 0 amide bonds. The van der Waals surface area contributed by atoms with Gasteiger partial charge in [-0.1, -0.05) is 5.16 Å². The van der Waals surface area contributed by atoms with Crippen molar-refractivity contribution in [3.05, 3.63) is 12.0 Å². The third-order valence-corrected chi connectivity index (χ3v) is 2.62. The van der Waals surface area contributed by atoms with Crippen molar-refractivity contribution >= 4 is 17.0 Å². The summed E-state index contributed by atoms with van der Waals surface area (Å²) in [5.74, 6) is 0.224. The maximum Gasteiger partial charge on any atom is 0.295 e. The van der Waals surface area contributed by atoms with Crippen LogP contribution in [0.15, 0.2) is 10.9 Å². The minimum absolute atomic E-state index is 0.126. The van der Waals surface area contributed by atoms with Crippen LogP contribution in [0.4, 0.5) is 0 Å². The van der Waals surface area contributed by atoms with E-state index in [4.69, 9.17) is 4.52 Å². The predicted octanol–water partition coefficient (Wildman–Crippen LogP) is 0.00640. The first kappa shape index (κ1) is 9.34. The zero-order valence-electron chi connectivity index (χ0n) is 8.38. The Bertz CT molecular complexity index is 537. The van der Waals surface area contributed by atoms with Gasteiger partial charge >= 0.3 is 0 Å². The number of nitrogens with one attached hydrogen (secondary N) is 1. The molecular weight excluding hydrogens is 210 g/mol. The molecule has 1 aliphatic rings. The number of Topliss-reactive ketones (excluding diaryl/α,β-unsaturated/α-hetero) is 1. The number of aromatic nitrogens is 4. The monoisotopic (exact) mass is 219 g/mol. The van der Waals surface area contributed by atoms with Crippen LogP contribution in [0.25, 0.3) is 11.2 Å². The van der Waals surface area contributed by atoms with Crippen LogP contribution in [0.3, 0.4) is 0 Å². The maximum atomic E-state index is 11.4. The van der Waals surface area contributed by atoms with Gasteiger partial charge in [-0.2, -0.15) is 0 Å². The lowest BCUT2D eigenvalue weighted by atomic mass is 10.0. The van der Waals surface area contributed by atoms with E-state index in [1.807, 2.05) is 0 Å². The third-order valence-electron chi connectivity index (χ3n) is 2.62. The van der Waals surface area contributed by atoms with Crippen molar-refractivity contribution in [1.29, 1.82) is 0 Å². The lowest BCUT2D eigenvalue weighted by Gasteiger charge is -2.20. The van der Waals surface area contributed by atoms with Crippen LogP contribution >= 0.6 is 0 Å². The summed E-state index contributed by atoms with van der Waals surface area (Å²) >= 11 is 0. The van der Waals surface area contributed by atoms with E-state index in [0.717, 1.165) is 0 Å². The molecule has 3 rings (SSSR count). The van der Waals surface area contributed by atoms with Gasteiger partial charge in [-0.3, -0.25) is 4.79 Å². The number of carbonyl (C=O) groups excluding carboxylic acids is 1. The summed E-state index contributed by atoms with van der Waals surface area (Å²) in [4.78, 5) is 15.4. The third kappa shape index (κ3) is 1.45. The summed E-state index contributed by atoms with van der Waals surface area (Å²) in [5.41, 5.74) is 1.51. The van der Waals surface area contributed by atoms with E-state index in [9.17, 15) is 4.79 Å². The fourth-order valence-electron chi connectivity index (χ4n) is 1.85. The van der Waals surface area contributed by atoms with Gasteiger partial charge in [0.15, 0.2) is 5.52 Å². The molecular formula is C9H9N5O2. The van der Waals surface area contributed by atoms with E-state index in [0.29, 0.717) is 36.3 Å². The van der Waals surface area contributed by atoms with Gasteiger partial charge in [0, 0.05) is 19.4 Å². The van der Waals surface area contributed by atoms with Crippen molar-refractivity contribution in [2.24, 2.45) is 0 Å². The molecule has 7 heteroatoms. The Kier molecular flexibility index (Phi) is 2.10. The highest BCUT2D eigenvalue weighted by Crippen LogP contribution is 2.24. The van der Waals surface area contributed by atoms with Crippen LogP contribution in [0, 0.1) is 0 Å². The van der Waals surface area contributed by atoms with Crippen LogP contribution in [0.1, 0.15) is 24.6 Å². The molecule has 1 N–H and O–H groups in total. The molecule has 0 radical (unpaired) electrons. The highest BCUT2D eigenvalue weighted by atomic mass is 16.5. The van der Waals surface area contributed by atoms with Gasteiger partial charge < -0.3 is 9.84 Å². The highest BCUT2D eigenvalue weighted by molar-refractivity contribution is 5.81. The van der Waals surface area contributed by atoms with Crippen molar-refractivity contribution in [3.63, 3.8) is 0 Å². The van der Waals surface area contributed by atoms with E-state index in [1.54, 1.807) is 0 Å². The summed E-state index contributed by atoms with van der Waals surface area (Å²) in [6.07, 6.45) is 2.33. The number of rotatable bonds is 1. The topological polar surface area (TPSA) is 93.8 Å². The van der Waals surface area contributed by atoms with E-state index in [1.165, 1.54) is 6.33 Å². The Morgan fingerprint density at radius 2 is 2.44 bits per heavy atom. The summed E-state index contributed by atoms with van der Waals surface area (Å²) in [6, 6.07) is -0.126. The van der Waals surface area contributed by atoms with E-state index >= 15 is 0 Å². The molecule has 7 nitrogen and oxygen atoms in total. The molecule has 2 aromatic rings. The number of nitrogens with zero attached hydrogens (tertiary/aromatic N) is 4. The minimum Gasteiger partial charge on any atom is -0.332 e. The van der Waals surface area contributed by atoms with Gasteiger partial charge in [-0.25, -0.2) is 4.98 Å². The smallest absolute Gasteiger partial charge is 0.295 e. The van der Waals surface area contributed by atoms with Crippen LogP contribution in [0.2, 0.25) is 0 Å². The van der Waals surface area contributed by atoms with Gasteiger partial charge in [0.2, 0.25) is 0 Å². The Labute approximate surface area is 90.2 Å². The molecule has 82 valence electrons. The molecule has 0 bridgehead atoms. The molecule has 1 atom stereocenters. The molecule has 0 spiro atoms. The van der Waals surface area contributed by atoms with Crippen molar-refractivity contribution in [3.8, 4) is 0 Å². The van der Waals surface area contributed by atoms with Crippen molar-refractivity contribution in [2.45, 2.75) is 18.9 Å². The second kappa shape index (κ2) is 3.60. The second-order valence-electron chi connectivity index (χ2n) is 3.68. The van der Waals surface area contributed by atoms with Crippen LogP contribution < -0.4 is 5.32 Å². The molecule has 0 aliphatic carbocycles. The standard InChI is InChI=1S/C9H9N5O2/c15-5-1-2-10-6(3-5)7-8-9(16-14-7)13-12-4-11-8/h4,6,10H,1-3H2. The summed E-state index contributed by atoms with van der Waals surface area (Å²) in [5, 5.41) is 14.5. The van der Waals surface area contributed by atoms with E-state index in [-0.39, 0.29) is 11.8 Å². The van der Waals surface area contributed by atoms with Crippen LogP contribution in [-0.4, -0.2) is 32.7 Å². The number of hydrogen-bond donors (Lipinski definition) is 1. The zero-order valence-corrected chi connectivity index (χ0v) is 8.38. The van der Waals surface area contributed by atoms with Gasteiger partial charge in [0.1, 0.15) is 17.8 Å². The molecule has 1 saturated heterocycles. The van der Waals surface area contributed by atoms with Crippen LogP contribution in [-0.2, 0) is 4.79 Å². The fraction of sp³-hybridized carbons (Fsp3) is 0.444. The Hall–Kier alpha value is -1.89. The second-order valence-corrected chi connectivity index (χ2v) is 3.68. The molecule has 1 fully saturated rings. The summed E-state index contributed by atoms with van der Waals surface area (Å²) in [7, 11) is 0. The fourth-order valence-corrected chi connectivity index (χ4v) is 1.85. The molecule has 1 unspecified atom stereocenters. The molecule has 16 heavy (non-hydrogen) atoms. The van der Waals surface area contributed by atoms with Gasteiger partial charge in [-0.15, -0.1) is 10.2 Å². The van der Waals surface area contributed by atoms with Gasteiger partial charge in [0.05, 0.1) is 6.04 Å². The highest BCUT2D eigenvalue weighted by Gasteiger charge is 2.26. The zero-order chi connectivity index (χ0) is 11.0. The minimum atomic E-state index is -0.126. The SMILES string of the molecule is O=C1CCNC(c2noc3nncnc23)C1. The first-order valence-corrected chi connectivity index (χ1v) is 5.02. The first-order chi connectivity index (χ1) is 7.84. The van der Waals surface area contributed by atoms with E-state index in [2.05, 4.69) is 25.7 Å². The van der Waals surface area contributed by atoms with Crippen molar-refractivity contribution in [2.75, 3.05) is 6.54 Å². The first-order valence-electron chi connectivity index (χ1n) is 5.02. The average Bonchev–Trinajstić information content (AvgIpc) is 2.72. The number of piperidine rings is 1. The number of hydrogen-bond acceptors (Lipinski definition) is 7. The molecule has 1 aliphatic heterocycles. The molecule has 3 heterocycles.